The van der Waals surface area contributed by atoms with E-state index in [0.29, 0.717) is 12.8 Å². The van der Waals surface area contributed by atoms with Gasteiger partial charge in [-0.05, 0) is 19.3 Å². The fraction of sp³-hybridized carbons (Fsp3) is 1.00. The van der Waals surface area contributed by atoms with Crippen molar-refractivity contribution in [1.29, 1.82) is 0 Å². The Morgan fingerprint density at radius 1 is 1.33 bits per heavy atom. The molecular weight excluding hydrogens is 342 g/mol. The van der Waals surface area contributed by atoms with Crippen molar-refractivity contribution in [3.05, 3.63) is 0 Å². The van der Waals surface area contributed by atoms with E-state index in [-0.39, 0.29) is 25.0 Å². The Morgan fingerprint density at radius 3 is 2.58 bits per heavy atom. The Labute approximate surface area is 142 Å². The summed E-state index contributed by atoms with van der Waals surface area (Å²) in [5, 5.41) is 9.75. The molecule has 0 saturated carbocycles. The van der Waals surface area contributed by atoms with E-state index in [9.17, 15) is 19.0 Å². The van der Waals surface area contributed by atoms with Crippen LogP contribution in [0, 0.1) is 5.92 Å². The van der Waals surface area contributed by atoms with Crippen LogP contribution in [0.15, 0.2) is 0 Å². The molecule has 1 N–H and O–H groups in total. The van der Waals surface area contributed by atoms with Crippen LogP contribution in [0.5, 0.6) is 0 Å². The van der Waals surface area contributed by atoms with Crippen LogP contribution in [0.25, 0.3) is 0 Å². The molecule has 0 aromatic carbocycles. The summed E-state index contributed by atoms with van der Waals surface area (Å²) in [6.45, 7) is 4.74. The van der Waals surface area contributed by atoms with Crippen LogP contribution in [-0.4, -0.2) is 55.0 Å². The third-order valence-corrected chi connectivity index (χ3v) is 5.22. The van der Waals surface area contributed by atoms with E-state index in [1.807, 2.05) is 13.8 Å². The normalized spacial score (nSPS) is 39.5. The van der Waals surface area contributed by atoms with Crippen molar-refractivity contribution in [2.24, 2.45) is 5.92 Å². The summed E-state index contributed by atoms with van der Waals surface area (Å²) in [5.74, 6) is 0.259. The van der Waals surface area contributed by atoms with Crippen molar-refractivity contribution < 1.29 is 37.5 Å². The third kappa shape index (κ3) is 5.73. The number of hydrogen-bond donors (Lipinski definition) is 1. The lowest BCUT2D eigenvalue weighted by molar-refractivity contribution is -0.233. The molecule has 24 heavy (non-hydrogen) atoms. The average Bonchev–Trinajstić information content (AvgIpc) is 2.99. The maximum atomic E-state index is 12.8. The molecule has 1 unspecified atom stereocenters. The van der Waals surface area contributed by atoms with E-state index in [1.165, 1.54) is 0 Å². The first-order chi connectivity index (χ1) is 11.2. The molecule has 9 heteroatoms. The summed E-state index contributed by atoms with van der Waals surface area (Å²) in [6, 6.07) is 0. The predicted octanol–water partition coefficient (Wildman–Crippen LogP) is 1.57. The van der Waals surface area contributed by atoms with Gasteiger partial charge in [-0.15, -0.1) is 0 Å². The molecule has 0 aromatic heterocycles. The number of rotatable bonds is 8. The smallest absolute Gasteiger partial charge is 0.268 e. The van der Waals surface area contributed by atoms with Gasteiger partial charge >= 0.3 is 0 Å². The van der Waals surface area contributed by atoms with Crippen LogP contribution in [0.1, 0.15) is 40.0 Å². The molecule has 2 heterocycles. The molecule has 0 spiro atoms. The summed E-state index contributed by atoms with van der Waals surface area (Å²) in [6.07, 6.45) is -2.33. The topological polar surface area (TPSA) is 97.3 Å². The Balaban J connectivity index is 1.88. The van der Waals surface area contributed by atoms with Gasteiger partial charge in [0, 0.05) is 12.8 Å². The van der Waals surface area contributed by atoms with Crippen molar-refractivity contribution in [3.8, 4) is 0 Å². The van der Waals surface area contributed by atoms with Crippen LogP contribution in [0.2, 0.25) is 0 Å². The number of aliphatic hydroxyl groups excluding tert-OH is 1. The number of phosphoric ester groups is 1. The maximum absolute atomic E-state index is 12.8. The van der Waals surface area contributed by atoms with Crippen LogP contribution < -0.4 is 4.89 Å². The summed E-state index contributed by atoms with van der Waals surface area (Å²) in [7, 11) is -4.60. The second kappa shape index (κ2) is 8.54. The minimum atomic E-state index is -4.60. The molecule has 2 aliphatic heterocycles. The van der Waals surface area contributed by atoms with Gasteiger partial charge in [0.2, 0.25) is 0 Å². The molecule has 2 rings (SSSR count). The van der Waals surface area contributed by atoms with E-state index < -0.39 is 45.0 Å². The van der Waals surface area contributed by atoms with Gasteiger partial charge in [0.1, 0.15) is 12.8 Å². The largest absolute Gasteiger partial charge is 0.756 e. The lowest BCUT2D eigenvalue weighted by atomic mass is 10.0. The quantitative estimate of drug-likeness (QED) is 0.649. The van der Waals surface area contributed by atoms with E-state index in [0.717, 1.165) is 0 Å². The Bertz CT molecular complexity index is 450. The van der Waals surface area contributed by atoms with Crippen molar-refractivity contribution in [2.75, 3.05) is 13.3 Å². The number of ether oxygens (including phenoxy) is 2. The molecule has 0 aromatic rings. The van der Waals surface area contributed by atoms with Gasteiger partial charge in [0.25, 0.3) is 7.82 Å². The lowest BCUT2D eigenvalue weighted by Crippen LogP contribution is -2.30. The molecule has 2 fully saturated rings. The van der Waals surface area contributed by atoms with Gasteiger partial charge in [0.05, 0.1) is 37.1 Å². The second-order valence-corrected chi connectivity index (χ2v) is 8.35. The number of halogens is 1. The zero-order valence-electron chi connectivity index (χ0n) is 14.3. The molecule has 7 atom stereocenters. The summed E-state index contributed by atoms with van der Waals surface area (Å²) in [4.78, 5) is 12.1. The summed E-state index contributed by atoms with van der Waals surface area (Å²) in [5.41, 5.74) is 0. The zero-order chi connectivity index (χ0) is 17.9. The van der Waals surface area contributed by atoms with E-state index in [1.54, 1.807) is 6.92 Å². The Hall–Kier alpha value is -0.0800. The van der Waals surface area contributed by atoms with Gasteiger partial charge in [-0.25, -0.2) is 4.39 Å². The Kier molecular flexibility index (Phi) is 7.20. The summed E-state index contributed by atoms with van der Waals surface area (Å²) < 4.78 is 45.8. The average molecular weight is 369 g/mol. The minimum absolute atomic E-state index is 0.149. The fourth-order valence-corrected chi connectivity index (χ4v) is 4.08. The van der Waals surface area contributed by atoms with E-state index in [2.05, 4.69) is 0 Å². The highest BCUT2D eigenvalue weighted by atomic mass is 31.2. The van der Waals surface area contributed by atoms with Crippen molar-refractivity contribution in [2.45, 2.75) is 76.7 Å². The van der Waals surface area contributed by atoms with Gasteiger partial charge in [-0.3, -0.25) is 4.57 Å². The number of aliphatic hydroxyl groups is 1. The fourth-order valence-electron chi connectivity index (χ4n) is 3.13. The molecular formula is C15H27FO7P-. The molecule has 142 valence electrons. The van der Waals surface area contributed by atoms with Gasteiger partial charge in [-0.2, -0.15) is 0 Å². The van der Waals surface area contributed by atoms with Gasteiger partial charge in [0.15, 0.2) is 0 Å². The summed E-state index contributed by atoms with van der Waals surface area (Å²) >= 11 is 0. The first-order valence-corrected chi connectivity index (χ1v) is 9.85. The van der Waals surface area contributed by atoms with Crippen LogP contribution in [-0.2, 0) is 23.1 Å². The predicted molar refractivity (Wildman–Crippen MR) is 82.1 cm³/mol. The van der Waals surface area contributed by atoms with Crippen molar-refractivity contribution in [1.82, 2.24) is 0 Å². The monoisotopic (exact) mass is 369 g/mol. The highest BCUT2D eigenvalue weighted by Crippen LogP contribution is 2.44. The second-order valence-electron chi connectivity index (χ2n) is 6.99. The molecule has 0 radical (unpaired) electrons. The zero-order valence-corrected chi connectivity index (χ0v) is 15.2. The van der Waals surface area contributed by atoms with Gasteiger partial charge < -0.3 is 28.5 Å². The van der Waals surface area contributed by atoms with Crippen LogP contribution >= 0.6 is 7.82 Å². The number of hydrogen-bond acceptors (Lipinski definition) is 7. The SMILES string of the molecule is CC(C)C[C@H]1O[C@@H](CF)C[C@@H]1OP(=O)([O-])OC[C@H]1O[C@@H](C)C[C@@H]1O. The molecule has 2 saturated heterocycles. The van der Waals surface area contributed by atoms with Crippen LogP contribution in [0.3, 0.4) is 0 Å². The first-order valence-electron chi connectivity index (χ1n) is 8.39. The number of alkyl halides is 1. The third-order valence-electron chi connectivity index (χ3n) is 4.22. The van der Waals surface area contributed by atoms with E-state index in [4.69, 9.17) is 18.5 Å². The van der Waals surface area contributed by atoms with Gasteiger partial charge in [-0.1, -0.05) is 13.8 Å². The highest BCUT2D eigenvalue weighted by molar-refractivity contribution is 7.45. The maximum Gasteiger partial charge on any atom is 0.268 e. The minimum Gasteiger partial charge on any atom is -0.756 e. The first kappa shape index (κ1) is 20.2. The highest BCUT2D eigenvalue weighted by Gasteiger charge is 2.39. The number of phosphoric acid groups is 1. The van der Waals surface area contributed by atoms with E-state index >= 15 is 0 Å². The molecule has 0 bridgehead atoms. The lowest BCUT2D eigenvalue weighted by Gasteiger charge is -2.30. The molecule has 0 amide bonds. The molecule has 0 aliphatic carbocycles. The Morgan fingerprint density at radius 2 is 2.04 bits per heavy atom. The molecule has 7 nitrogen and oxygen atoms in total. The van der Waals surface area contributed by atoms with Crippen LogP contribution in [0.4, 0.5) is 4.39 Å². The standard InChI is InChI=1S/C15H28FO7P/c1-9(2)4-13-14(6-11(7-16)22-13)23-24(18,19)20-8-15-12(17)5-10(3)21-15/h9-15,17H,4-8H2,1-3H3,(H,18,19)/p-1/t10-,11+,12-,13+,14-,15+/m0/s1. The van der Waals surface area contributed by atoms with Crippen molar-refractivity contribution >= 4 is 7.82 Å². The van der Waals surface area contributed by atoms with Crippen molar-refractivity contribution in [3.63, 3.8) is 0 Å². The molecule has 2 aliphatic rings.